The van der Waals surface area contributed by atoms with Crippen LogP contribution in [0.4, 0.5) is 10.1 Å². The first-order valence-electron chi connectivity index (χ1n) is 6.55. The fraction of sp³-hybridized carbons (Fsp3) is 0.500. The molecule has 1 aliphatic rings. The molecule has 7 heteroatoms. The Bertz CT molecular complexity index is 588. The molecule has 1 fully saturated rings. The molecule has 0 radical (unpaired) electrons. The number of hydrogen-bond acceptors (Lipinski definition) is 4. The van der Waals surface area contributed by atoms with Crippen molar-refractivity contribution in [3.63, 3.8) is 0 Å². The van der Waals surface area contributed by atoms with E-state index < -0.39 is 22.3 Å². The van der Waals surface area contributed by atoms with E-state index in [-0.39, 0.29) is 23.1 Å². The molecule has 0 aliphatic heterocycles. The van der Waals surface area contributed by atoms with Gasteiger partial charge in [-0.3, -0.25) is 14.9 Å². The topological polar surface area (TPSA) is 81.5 Å². The van der Waals surface area contributed by atoms with E-state index in [9.17, 15) is 19.3 Å². The van der Waals surface area contributed by atoms with Crippen molar-refractivity contribution in [2.45, 2.75) is 32.4 Å². The van der Waals surface area contributed by atoms with E-state index in [0.717, 1.165) is 18.2 Å². The highest BCUT2D eigenvalue weighted by atomic mass is 19.1. The largest absolute Gasteiger partial charge is 0.381 e. The van der Waals surface area contributed by atoms with Crippen LogP contribution in [-0.2, 0) is 4.74 Å². The molecule has 1 saturated carbocycles. The van der Waals surface area contributed by atoms with Gasteiger partial charge in [-0.15, -0.1) is 0 Å². The van der Waals surface area contributed by atoms with Gasteiger partial charge >= 0.3 is 0 Å². The summed E-state index contributed by atoms with van der Waals surface area (Å²) in [4.78, 5) is 22.4. The van der Waals surface area contributed by atoms with Crippen LogP contribution in [0.1, 0.15) is 30.6 Å². The van der Waals surface area contributed by atoms with Crippen LogP contribution in [0.3, 0.4) is 0 Å². The minimum atomic E-state index is -0.696. The molecule has 2 atom stereocenters. The van der Waals surface area contributed by atoms with Gasteiger partial charge in [0, 0.05) is 24.6 Å². The van der Waals surface area contributed by atoms with Gasteiger partial charge in [-0.2, -0.15) is 0 Å². The zero-order valence-corrected chi connectivity index (χ0v) is 12.1. The van der Waals surface area contributed by atoms with Gasteiger partial charge in [0.25, 0.3) is 11.6 Å². The van der Waals surface area contributed by atoms with E-state index in [1.807, 2.05) is 13.8 Å². The summed E-state index contributed by atoms with van der Waals surface area (Å²) in [5.41, 5.74) is -0.946. The maximum absolute atomic E-state index is 13.3. The van der Waals surface area contributed by atoms with Crippen LogP contribution in [0.15, 0.2) is 18.2 Å². The van der Waals surface area contributed by atoms with Crippen LogP contribution in [-0.4, -0.2) is 30.1 Å². The van der Waals surface area contributed by atoms with Crippen molar-refractivity contribution in [1.29, 1.82) is 0 Å². The minimum Gasteiger partial charge on any atom is -0.381 e. The van der Waals surface area contributed by atoms with E-state index in [2.05, 4.69) is 5.32 Å². The maximum Gasteiger partial charge on any atom is 0.282 e. The van der Waals surface area contributed by atoms with E-state index in [0.29, 0.717) is 6.42 Å². The second-order valence-corrected chi connectivity index (χ2v) is 5.73. The number of nitrogens with one attached hydrogen (secondary N) is 1. The summed E-state index contributed by atoms with van der Waals surface area (Å²) in [5, 5.41) is 13.6. The number of nitro benzene ring substituents is 1. The van der Waals surface area contributed by atoms with Gasteiger partial charge in [-0.05, 0) is 18.6 Å². The molecule has 2 rings (SSSR count). The van der Waals surface area contributed by atoms with Gasteiger partial charge in [-0.25, -0.2) is 4.39 Å². The summed E-state index contributed by atoms with van der Waals surface area (Å²) in [6.45, 7) is 3.88. The molecule has 0 heterocycles. The summed E-state index contributed by atoms with van der Waals surface area (Å²) in [6.07, 6.45) is 0.642. The lowest BCUT2D eigenvalue weighted by Crippen LogP contribution is -2.61. The quantitative estimate of drug-likeness (QED) is 0.682. The van der Waals surface area contributed by atoms with Crippen LogP contribution >= 0.6 is 0 Å². The predicted octanol–water partition coefficient (Wildman–Crippen LogP) is 2.28. The number of carbonyl (C=O) groups is 1. The van der Waals surface area contributed by atoms with Crippen LogP contribution in [0.25, 0.3) is 0 Å². The molecule has 1 aliphatic carbocycles. The molecule has 114 valence electrons. The van der Waals surface area contributed by atoms with E-state index in [1.54, 1.807) is 7.11 Å². The molecule has 1 N–H and O–H groups in total. The van der Waals surface area contributed by atoms with Crippen molar-refractivity contribution in [3.8, 4) is 0 Å². The van der Waals surface area contributed by atoms with Crippen molar-refractivity contribution < 1.29 is 18.8 Å². The number of carbonyl (C=O) groups excluding carboxylic acids is 1. The Morgan fingerprint density at radius 1 is 1.52 bits per heavy atom. The van der Waals surface area contributed by atoms with Crippen LogP contribution in [0.5, 0.6) is 0 Å². The number of benzene rings is 1. The first-order chi connectivity index (χ1) is 9.77. The lowest BCUT2D eigenvalue weighted by atomic mass is 9.64. The van der Waals surface area contributed by atoms with Crippen LogP contribution in [0.2, 0.25) is 0 Å². The lowest BCUT2D eigenvalue weighted by Gasteiger charge is -2.51. The Labute approximate surface area is 121 Å². The fourth-order valence-electron chi connectivity index (χ4n) is 2.62. The third-order valence-electron chi connectivity index (χ3n) is 4.17. The summed E-state index contributed by atoms with van der Waals surface area (Å²) in [5.74, 6) is -1.33. The number of nitrogens with zero attached hydrogens (tertiary/aromatic N) is 1. The fourth-order valence-corrected chi connectivity index (χ4v) is 2.62. The molecule has 0 bridgehead atoms. The SMILES string of the molecule is COC1CC(NC(=O)c2cc(F)ccc2[N+](=O)[O-])C1(C)C. The summed E-state index contributed by atoms with van der Waals surface area (Å²) < 4.78 is 18.5. The number of methoxy groups -OCH3 is 1. The van der Waals surface area contributed by atoms with Gasteiger partial charge < -0.3 is 10.1 Å². The zero-order valence-electron chi connectivity index (χ0n) is 12.1. The smallest absolute Gasteiger partial charge is 0.282 e. The zero-order chi connectivity index (χ0) is 15.8. The van der Waals surface area contributed by atoms with E-state index in [1.165, 1.54) is 0 Å². The highest BCUT2D eigenvalue weighted by molar-refractivity contribution is 5.98. The number of nitro groups is 1. The van der Waals surface area contributed by atoms with Gasteiger partial charge in [-0.1, -0.05) is 13.8 Å². The third-order valence-corrected chi connectivity index (χ3v) is 4.17. The Kier molecular flexibility index (Phi) is 3.95. The molecule has 0 spiro atoms. The van der Waals surface area contributed by atoms with Gasteiger partial charge in [0.15, 0.2) is 0 Å². The van der Waals surface area contributed by atoms with Crippen LogP contribution < -0.4 is 5.32 Å². The molecular weight excluding hydrogens is 279 g/mol. The van der Waals surface area contributed by atoms with Crippen molar-refractivity contribution in [2.24, 2.45) is 5.41 Å². The number of ether oxygens (including phenoxy) is 1. The second-order valence-electron chi connectivity index (χ2n) is 5.73. The highest BCUT2D eigenvalue weighted by Gasteiger charge is 2.49. The monoisotopic (exact) mass is 296 g/mol. The van der Waals surface area contributed by atoms with Crippen LogP contribution in [0, 0.1) is 21.3 Å². The van der Waals surface area contributed by atoms with Gasteiger partial charge in [0.2, 0.25) is 0 Å². The lowest BCUT2D eigenvalue weighted by molar-refractivity contribution is -0.385. The molecule has 1 aromatic carbocycles. The van der Waals surface area contributed by atoms with Crippen molar-refractivity contribution in [2.75, 3.05) is 7.11 Å². The Morgan fingerprint density at radius 2 is 2.19 bits per heavy atom. The molecule has 0 aromatic heterocycles. The second kappa shape index (κ2) is 5.40. The van der Waals surface area contributed by atoms with Crippen molar-refractivity contribution >= 4 is 11.6 Å². The maximum atomic E-state index is 13.3. The van der Waals surface area contributed by atoms with E-state index >= 15 is 0 Å². The number of halogens is 1. The normalized spacial score (nSPS) is 23.2. The molecule has 6 nitrogen and oxygen atoms in total. The number of amides is 1. The predicted molar refractivity (Wildman–Crippen MR) is 73.5 cm³/mol. The van der Waals surface area contributed by atoms with Gasteiger partial charge in [0.05, 0.1) is 11.0 Å². The number of hydrogen-bond donors (Lipinski definition) is 1. The Balaban J connectivity index is 2.19. The summed E-state index contributed by atoms with van der Waals surface area (Å²) >= 11 is 0. The Morgan fingerprint density at radius 3 is 2.71 bits per heavy atom. The van der Waals surface area contributed by atoms with E-state index in [4.69, 9.17) is 4.74 Å². The molecule has 2 unspecified atom stereocenters. The summed E-state index contributed by atoms with van der Waals surface area (Å²) in [6, 6.07) is 2.67. The standard InChI is InChI=1S/C14H17FN2O4/c1-14(2)11(7-12(14)21-3)16-13(18)9-6-8(15)4-5-10(9)17(19)20/h4-6,11-12H,7H2,1-3H3,(H,16,18). The summed E-state index contributed by atoms with van der Waals surface area (Å²) in [7, 11) is 1.60. The molecular formula is C14H17FN2O4. The minimum absolute atomic E-state index is 0.0188. The Hall–Kier alpha value is -2.02. The molecule has 1 amide bonds. The van der Waals surface area contributed by atoms with Gasteiger partial charge in [0.1, 0.15) is 11.4 Å². The van der Waals surface area contributed by atoms with Crippen molar-refractivity contribution in [3.05, 3.63) is 39.7 Å². The molecule has 21 heavy (non-hydrogen) atoms. The average Bonchev–Trinajstić information content (AvgIpc) is 2.42. The first kappa shape index (κ1) is 15.4. The average molecular weight is 296 g/mol. The van der Waals surface area contributed by atoms with Crippen molar-refractivity contribution in [1.82, 2.24) is 5.32 Å². The highest BCUT2D eigenvalue weighted by Crippen LogP contribution is 2.42. The molecule has 0 saturated heterocycles. The molecule has 1 aromatic rings. The number of rotatable bonds is 4. The first-order valence-corrected chi connectivity index (χ1v) is 6.55. The third kappa shape index (κ3) is 2.73.